The first-order valence-electron chi connectivity index (χ1n) is 5.20. The number of nitrogens with zero attached hydrogens (tertiary/aromatic N) is 3. The van der Waals surface area contributed by atoms with E-state index in [-0.39, 0.29) is 17.5 Å². The van der Waals surface area contributed by atoms with Crippen LogP contribution in [0.3, 0.4) is 0 Å². The van der Waals surface area contributed by atoms with E-state index in [2.05, 4.69) is 15.0 Å². The Morgan fingerprint density at radius 2 is 2.11 bits per heavy atom. The molecule has 10 heteroatoms. The number of nitrogens with one attached hydrogen (secondary N) is 1. The smallest absolute Gasteiger partial charge is 0.243 e. The standard InChI is InChI=1S/C8H11F3N4O2S/c9-8(10,11)5-15-4-6(13-14-15)3-12-18(16,17)7-1-2-7/h4,7,12H,1-3,5H2. The quantitative estimate of drug-likeness (QED) is 0.850. The molecule has 0 aliphatic heterocycles. The molecule has 1 saturated carbocycles. The Morgan fingerprint density at radius 1 is 1.44 bits per heavy atom. The van der Waals surface area contributed by atoms with Crippen molar-refractivity contribution in [1.29, 1.82) is 0 Å². The van der Waals surface area contributed by atoms with E-state index in [1.807, 2.05) is 0 Å². The van der Waals surface area contributed by atoms with Gasteiger partial charge in [0.15, 0.2) is 0 Å². The predicted octanol–water partition coefficient (Wildman–Crippen LogP) is 0.422. The van der Waals surface area contributed by atoms with Gasteiger partial charge in [0.1, 0.15) is 6.54 Å². The van der Waals surface area contributed by atoms with Crippen molar-refractivity contribution in [3.63, 3.8) is 0 Å². The van der Waals surface area contributed by atoms with E-state index >= 15 is 0 Å². The van der Waals surface area contributed by atoms with Gasteiger partial charge in [-0.15, -0.1) is 5.10 Å². The molecule has 1 aliphatic carbocycles. The van der Waals surface area contributed by atoms with Crippen molar-refractivity contribution in [2.24, 2.45) is 0 Å². The largest absolute Gasteiger partial charge is 0.408 e. The first kappa shape index (κ1) is 13.3. The van der Waals surface area contributed by atoms with Crippen molar-refractivity contribution in [2.75, 3.05) is 0 Å². The highest BCUT2D eigenvalue weighted by Gasteiger charge is 2.35. The average Bonchev–Trinajstić information content (AvgIpc) is 2.98. The summed E-state index contributed by atoms with van der Waals surface area (Å²) >= 11 is 0. The minimum atomic E-state index is -4.38. The molecule has 0 amide bonds. The summed E-state index contributed by atoms with van der Waals surface area (Å²) in [5.74, 6) is 0. The van der Waals surface area contributed by atoms with Crippen LogP contribution in [-0.4, -0.2) is 34.8 Å². The van der Waals surface area contributed by atoms with Crippen molar-refractivity contribution in [3.05, 3.63) is 11.9 Å². The van der Waals surface area contributed by atoms with Gasteiger partial charge >= 0.3 is 6.18 Å². The lowest BCUT2D eigenvalue weighted by Crippen LogP contribution is -2.26. The average molecular weight is 284 g/mol. The molecule has 1 aromatic rings. The zero-order chi connectivity index (χ0) is 13.4. The number of hydrogen-bond donors (Lipinski definition) is 1. The third kappa shape index (κ3) is 3.67. The Morgan fingerprint density at radius 3 is 2.67 bits per heavy atom. The summed E-state index contributed by atoms with van der Waals surface area (Å²) in [6, 6.07) is 0. The van der Waals surface area contributed by atoms with Gasteiger partial charge in [-0.2, -0.15) is 13.2 Å². The number of halogens is 3. The Bertz CT molecular complexity index is 521. The maximum Gasteiger partial charge on any atom is 0.408 e. The van der Waals surface area contributed by atoms with Gasteiger partial charge in [0.25, 0.3) is 0 Å². The van der Waals surface area contributed by atoms with E-state index < -0.39 is 22.7 Å². The number of rotatable bonds is 5. The molecule has 6 nitrogen and oxygen atoms in total. The summed E-state index contributed by atoms with van der Waals surface area (Å²) in [5.41, 5.74) is 0.156. The van der Waals surface area contributed by atoms with Crippen molar-refractivity contribution >= 4 is 10.0 Å². The molecule has 18 heavy (non-hydrogen) atoms. The fourth-order valence-corrected chi connectivity index (χ4v) is 2.69. The molecule has 1 heterocycles. The highest BCUT2D eigenvalue weighted by atomic mass is 32.2. The van der Waals surface area contributed by atoms with Crippen LogP contribution in [0.4, 0.5) is 13.2 Å². The molecular weight excluding hydrogens is 273 g/mol. The Balaban J connectivity index is 1.91. The lowest BCUT2D eigenvalue weighted by molar-refractivity contribution is -0.142. The molecule has 0 bridgehead atoms. The van der Waals surface area contributed by atoms with Crippen molar-refractivity contribution in [2.45, 2.75) is 37.4 Å². The molecule has 0 unspecified atom stereocenters. The van der Waals surface area contributed by atoms with E-state index in [1.54, 1.807) is 0 Å². The highest BCUT2D eigenvalue weighted by molar-refractivity contribution is 7.90. The molecule has 1 aliphatic rings. The molecule has 1 aromatic heterocycles. The lowest BCUT2D eigenvalue weighted by atomic mass is 10.5. The monoisotopic (exact) mass is 284 g/mol. The van der Waals surface area contributed by atoms with Gasteiger partial charge in [0.05, 0.1) is 23.7 Å². The molecule has 102 valence electrons. The highest BCUT2D eigenvalue weighted by Crippen LogP contribution is 2.27. The lowest BCUT2D eigenvalue weighted by Gasteiger charge is -2.04. The first-order chi connectivity index (χ1) is 8.26. The molecule has 0 saturated heterocycles. The Kier molecular flexibility index (Phi) is 3.32. The van der Waals surface area contributed by atoms with E-state index in [4.69, 9.17) is 0 Å². The molecule has 0 aromatic carbocycles. The second-order valence-electron chi connectivity index (χ2n) is 4.09. The molecule has 1 N–H and O–H groups in total. The normalized spacial score (nSPS) is 17.1. The Labute approximate surface area is 101 Å². The molecule has 2 rings (SSSR count). The van der Waals surface area contributed by atoms with E-state index in [9.17, 15) is 21.6 Å². The zero-order valence-corrected chi connectivity index (χ0v) is 10.00. The third-order valence-corrected chi connectivity index (χ3v) is 4.24. The van der Waals surface area contributed by atoms with Crippen molar-refractivity contribution in [3.8, 4) is 0 Å². The maximum absolute atomic E-state index is 12.0. The van der Waals surface area contributed by atoms with Gasteiger partial charge in [0.2, 0.25) is 10.0 Å². The Hall–Kier alpha value is -1.16. The van der Waals surface area contributed by atoms with Crippen LogP contribution < -0.4 is 4.72 Å². The van der Waals surface area contributed by atoms with Crippen LogP contribution in [0.2, 0.25) is 0 Å². The van der Waals surface area contributed by atoms with Crippen LogP contribution >= 0.6 is 0 Å². The summed E-state index contributed by atoms with van der Waals surface area (Å²) in [5, 5.41) is 6.37. The predicted molar refractivity (Wildman–Crippen MR) is 54.9 cm³/mol. The number of aromatic nitrogens is 3. The van der Waals surface area contributed by atoms with Crippen LogP contribution in [0.15, 0.2) is 6.20 Å². The van der Waals surface area contributed by atoms with E-state index in [0.29, 0.717) is 17.5 Å². The van der Waals surface area contributed by atoms with Crippen molar-refractivity contribution in [1.82, 2.24) is 19.7 Å². The maximum atomic E-state index is 12.0. The van der Waals surface area contributed by atoms with Gasteiger partial charge in [-0.05, 0) is 12.8 Å². The number of sulfonamides is 1. The molecule has 0 spiro atoms. The molecule has 1 fully saturated rings. The van der Waals surface area contributed by atoms with E-state index in [1.165, 1.54) is 0 Å². The first-order valence-corrected chi connectivity index (χ1v) is 6.75. The topological polar surface area (TPSA) is 76.9 Å². The van der Waals surface area contributed by atoms with Crippen LogP contribution in [0.25, 0.3) is 0 Å². The molecule has 0 atom stereocenters. The van der Waals surface area contributed by atoms with Crippen LogP contribution in [0.1, 0.15) is 18.5 Å². The van der Waals surface area contributed by atoms with Gasteiger partial charge in [-0.3, -0.25) is 0 Å². The summed E-state index contributed by atoms with van der Waals surface area (Å²) in [6.45, 7) is -1.38. The second kappa shape index (κ2) is 4.50. The van der Waals surface area contributed by atoms with Gasteiger partial charge < -0.3 is 0 Å². The summed E-state index contributed by atoms with van der Waals surface area (Å²) < 4.78 is 61.9. The van der Waals surface area contributed by atoms with Crippen LogP contribution in [0.5, 0.6) is 0 Å². The van der Waals surface area contributed by atoms with Gasteiger partial charge in [0, 0.05) is 0 Å². The van der Waals surface area contributed by atoms with Crippen LogP contribution in [-0.2, 0) is 23.1 Å². The third-order valence-electron chi connectivity index (χ3n) is 2.35. The number of alkyl halides is 3. The zero-order valence-electron chi connectivity index (χ0n) is 9.18. The minimum absolute atomic E-state index is 0.142. The number of hydrogen-bond acceptors (Lipinski definition) is 4. The fourth-order valence-electron chi connectivity index (χ4n) is 1.35. The van der Waals surface area contributed by atoms with E-state index in [0.717, 1.165) is 6.20 Å². The molecule has 0 radical (unpaired) electrons. The van der Waals surface area contributed by atoms with Gasteiger partial charge in [-0.1, -0.05) is 5.21 Å². The summed E-state index contributed by atoms with van der Waals surface area (Å²) in [4.78, 5) is 0. The van der Waals surface area contributed by atoms with Crippen LogP contribution in [0, 0.1) is 0 Å². The fraction of sp³-hybridized carbons (Fsp3) is 0.750. The summed E-state index contributed by atoms with van der Waals surface area (Å²) in [6.07, 6.45) is -2.06. The second-order valence-corrected chi connectivity index (χ2v) is 6.13. The van der Waals surface area contributed by atoms with Crippen molar-refractivity contribution < 1.29 is 21.6 Å². The molecular formula is C8H11F3N4O2S. The summed E-state index contributed by atoms with van der Waals surface area (Å²) in [7, 11) is -3.36. The van der Waals surface area contributed by atoms with Gasteiger partial charge in [-0.25, -0.2) is 17.8 Å². The minimum Gasteiger partial charge on any atom is -0.243 e. The SMILES string of the molecule is O=S(=O)(NCc1cn(CC(F)(F)F)nn1)C1CC1.